The van der Waals surface area contributed by atoms with Gasteiger partial charge in [0.05, 0.1) is 18.7 Å². The average molecular weight is 348 g/mol. The Balaban J connectivity index is 2.13. The molecule has 0 aliphatic carbocycles. The van der Waals surface area contributed by atoms with Crippen molar-refractivity contribution < 1.29 is 9.53 Å². The molecule has 0 amide bonds. The lowest BCUT2D eigenvalue weighted by Gasteiger charge is -2.19. The van der Waals surface area contributed by atoms with Crippen LogP contribution in [0.3, 0.4) is 0 Å². The summed E-state index contributed by atoms with van der Waals surface area (Å²) in [6, 6.07) is 15.8. The summed E-state index contributed by atoms with van der Waals surface area (Å²) in [6.07, 6.45) is 0.967. The number of hydrogen-bond acceptors (Lipinski definition) is 3. The van der Waals surface area contributed by atoms with Gasteiger partial charge in [0.25, 0.3) is 0 Å². The Morgan fingerprint density at radius 3 is 2.52 bits per heavy atom. The number of hydrogen-bond donors (Lipinski definition) is 1. The van der Waals surface area contributed by atoms with E-state index in [4.69, 9.17) is 4.74 Å². The Labute approximate surface area is 133 Å². The van der Waals surface area contributed by atoms with Gasteiger partial charge >= 0.3 is 5.97 Å². The number of carbonyl (C=O) groups is 1. The molecule has 0 aliphatic rings. The zero-order valence-electron chi connectivity index (χ0n) is 12.1. The second-order valence-electron chi connectivity index (χ2n) is 4.73. The number of anilines is 1. The summed E-state index contributed by atoms with van der Waals surface area (Å²) in [5.74, 6) is -0.319. The van der Waals surface area contributed by atoms with E-state index in [1.165, 1.54) is 12.7 Å². The van der Waals surface area contributed by atoms with Crippen LogP contribution in [-0.4, -0.2) is 13.1 Å². The van der Waals surface area contributed by atoms with Gasteiger partial charge in [-0.1, -0.05) is 35.0 Å². The lowest BCUT2D eigenvalue weighted by molar-refractivity contribution is 0.0601. The summed E-state index contributed by atoms with van der Waals surface area (Å²) in [7, 11) is 1.38. The molecule has 2 aromatic rings. The second-order valence-corrected chi connectivity index (χ2v) is 5.64. The van der Waals surface area contributed by atoms with E-state index < -0.39 is 0 Å². The number of nitrogens with one attached hydrogen (secondary N) is 1. The van der Waals surface area contributed by atoms with Crippen molar-refractivity contribution in [2.24, 2.45) is 0 Å². The lowest BCUT2D eigenvalue weighted by Crippen LogP contribution is -2.10. The quantitative estimate of drug-likeness (QED) is 0.789. The van der Waals surface area contributed by atoms with E-state index in [0.29, 0.717) is 5.56 Å². The normalized spacial score (nSPS) is 11.8. The van der Waals surface area contributed by atoms with E-state index >= 15 is 0 Å². The van der Waals surface area contributed by atoms with Gasteiger partial charge in [-0.05, 0) is 48.4 Å². The first-order valence-electron chi connectivity index (χ1n) is 6.84. The maximum atomic E-state index is 11.4. The van der Waals surface area contributed by atoms with E-state index in [9.17, 15) is 4.79 Å². The minimum absolute atomic E-state index is 0.228. The fraction of sp³-hybridized carbons (Fsp3) is 0.235. The highest BCUT2D eigenvalue weighted by Gasteiger charge is 2.10. The van der Waals surface area contributed by atoms with Crippen molar-refractivity contribution in [3.63, 3.8) is 0 Å². The van der Waals surface area contributed by atoms with Crippen molar-refractivity contribution in [1.29, 1.82) is 0 Å². The highest BCUT2D eigenvalue weighted by molar-refractivity contribution is 9.10. The molecule has 2 rings (SSSR count). The minimum atomic E-state index is -0.319. The van der Waals surface area contributed by atoms with Crippen molar-refractivity contribution in [3.05, 3.63) is 64.1 Å². The highest BCUT2D eigenvalue weighted by Crippen LogP contribution is 2.25. The van der Waals surface area contributed by atoms with Crippen molar-refractivity contribution in [2.75, 3.05) is 12.4 Å². The van der Waals surface area contributed by atoms with Crippen molar-refractivity contribution in [2.45, 2.75) is 19.4 Å². The van der Waals surface area contributed by atoms with Crippen LogP contribution in [0, 0.1) is 0 Å². The van der Waals surface area contributed by atoms with Gasteiger partial charge in [0, 0.05) is 10.2 Å². The highest BCUT2D eigenvalue weighted by atomic mass is 79.9. The number of ether oxygens (including phenoxy) is 1. The monoisotopic (exact) mass is 347 g/mol. The van der Waals surface area contributed by atoms with Gasteiger partial charge in [0.1, 0.15) is 0 Å². The van der Waals surface area contributed by atoms with E-state index in [1.807, 2.05) is 24.3 Å². The van der Waals surface area contributed by atoms with Gasteiger partial charge in [-0.3, -0.25) is 0 Å². The predicted molar refractivity (Wildman–Crippen MR) is 88.6 cm³/mol. The first-order chi connectivity index (χ1) is 10.1. The molecule has 1 atom stereocenters. The molecule has 1 N–H and O–H groups in total. The number of rotatable bonds is 5. The molecule has 0 saturated carbocycles. The number of benzene rings is 2. The van der Waals surface area contributed by atoms with Crippen molar-refractivity contribution in [3.8, 4) is 0 Å². The van der Waals surface area contributed by atoms with Gasteiger partial charge in [-0.25, -0.2) is 4.79 Å². The molecular weight excluding hydrogens is 330 g/mol. The van der Waals surface area contributed by atoms with Gasteiger partial charge in [-0.15, -0.1) is 0 Å². The third-order valence-electron chi connectivity index (χ3n) is 3.31. The zero-order valence-corrected chi connectivity index (χ0v) is 13.7. The molecule has 2 aromatic carbocycles. The molecule has 110 valence electrons. The molecule has 0 aromatic heterocycles. The maximum absolute atomic E-state index is 11.4. The molecule has 1 unspecified atom stereocenters. The molecule has 0 aliphatic heterocycles. The van der Waals surface area contributed by atoms with E-state index in [2.05, 4.69) is 40.3 Å². The fourth-order valence-electron chi connectivity index (χ4n) is 2.17. The van der Waals surface area contributed by atoms with Crippen LogP contribution < -0.4 is 5.32 Å². The van der Waals surface area contributed by atoms with Crippen LogP contribution in [0.4, 0.5) is 5.69 Å². The molecule has 21 heavy (non-hydrogen) atoms. The maximum Gasteiger partial charge on any atom is 0.337 e. The van der Waals surface area contributed by atoms with Crippen LogP contribution in [-0.2, 0) is 4.74 Å². The molecule has 0 saturated heterocycles. The third-order valence-corrected chi connectivity index (χ3v) is 3.80. The SMILES string of the molecule is CCC(Nc1ccc(C(=O)OC)cc1)c1cccc(Br)c1. The number of carbonyl (C=O) groups excluding carboxylic acids is 1. The van der Waals surface area contributed by atoms with E-state index in [-0.39, 0.29) is 12.0 Å². The summed E-state index contributed by atoms with van der Waals surface area (Å²) >= 11 is 3.50. The summed E-state index contributed by atoms with van der Waals surface area (Å²) in [5.41, 5.74) is 2.76. The minimum Gasteiger partial charge on any atom is -0.465 e. The van der Waals surface area contributed by atoms with Crippen LogP contribution in [0.5, 0.6) is 0 Å². The lowest BCUT2D eigenvalue weighted by atomic mass is 10.0. The Bertz CT molecular complexity index is 610. The van der Waals surface area contributed by atoms with Crippen molar-refractivity contribution >= 4 is 27.6 Å². The molecule has 0 bridgehead atoms. The van der Waals surface area contributed by atoms with Crippen LogP contribution in [0.25, 0.3) is 0 Å². The Kier molecular flexibility index (Phi) is 5.39. The smallest absolute Gasteiger partial charge is 0.337 e. The summed E-state index contributed by atoms with van der Waals surface area (Å²) < 4.78 is 5.77. The molecule has 4 heteroatoms. The van der Waals surface area contributed by atoms with Crippen LogP contribution in [0.1, 0.15) is 35.3 Å². The topological polar surface area (TPSA) is 38.3 Å². The molecule has 0 fully saturated rings. The largest absolute Gasteiger partial charge is 0.465 e. The predicted octanol–water partition coefficient (Wildman–Crippen LogP) is 4.80. The molecule has 0 heterocycles. The molecule has 3 nitrogen and oxygen atoms in total. The van der Waals surface area contributed by atoms with Crippen LogP contribution in [0.15, 0.2) is 53.0 Å². The third kappa shape index (κ3) is 4.08. The molecular formula is C17H18BrNO2. The Morgan fingerprint density at radius 2 is 1.95 bits per heavy atom. The van der Waals surface area contributed by atoms with Gasteiger partial charge in [-0.2, -0.15) is 0 Å². The zero-order chi connectivity index (χ0) is 15.2. The summed E-state index contributed by atoms with van der Waals surface area (Å²) in [4.78, 5) is 11.4. The van der Waals surface area contributed by atoms with Crippen molar-refractivity contribution in [1.82, 2.24) is 0 Å². The molecule has 0 spiro atoms. The first-order valence-corrected chi connectivity index (χ1v) is 7.63. The van der Waals surface area contributed by atoms with Crippen LogP contribution >= 0.6 is 15.9 Å². The average Bonchev–Trinajstić information content (AvgIpc) is 2.52. The van der Waals surface area contributed by atoms with Gasteiger partial charge in [0.15, 0.2) is 0 Å². The fourth-order valence-corrected chi connectivity index (χ4v) is 2.58. The summed E-state index contributed by atoms with van der Waals surface area (Å²) in [5, 5.41) is 3.48. The standard InChI is InChI=1S/C17H18BrNO2/c1-3-16(13-5-4-6-14(18)11-13)19-15-9-7-12(8-10-15)17(20)21-2/h4-11,16,19H,3H2,1-2H3. The second kappa shape index (κ2) is 7.27. The molecule has 0 radical (unpaired) electrons. The van der Waals surface area contributed by atoms with E-state index in [0.717, 1.165) is 16.6 Å². The van der Waals surface area contributed by atoms with E-state index in [1.54, 1.807) is 12.1 Å². The summed E-state index contributed by atoms with van der Waals surface area (Å²) in [6.45, 7) is 2.14. The van der Waals surface area contributed by atoms with Gasteiger partial charge in [0.2, 0.25) is 0 Å². The van der Waals surface area contributed by atoms with Crippen LogP contribution in [0.2, 0.25) is 0 Å². The van der Waals surface area contributed by atoms with Gasteiger partial charge < -0.3 is 10.1 Å². The first kappa shape index (κ1) is 15.6. The Hall–Kier alpha value is -1.81. The number of halogens is 1. The number of methoxy groups -OCH3 is 1. The number of esters is 1. The Morgan fingerprint density at radius 1 is 1.24 bits per heavy atom.